The molecule has 0 spiro atoms. The van der Waals surface area contributed by atoms with E-state index in [4.69, 9.17) is 9.47 Å². The van der Waals surface area contributed by atoms with Gasteiger partial charge in [0.2, 0.25) is 0 Å². The van der Waals surface area contributed by atoms with Crippen LogP contribution in [0.2, 0.25) is 0 Å². The summed E-state index contributed by atoms with van der Waals surface area (Å²) in [4.78, 5) is 24.8. The topological polar surface area (TPSA) is 110 Å². The number of hydrogen-bond donors (Lipinski definition) is 3. The lowest BCUT2D eigenvalue weighted by Gasteiger charge is -2.12. The van der Waals surface area contributed by atoms with Crippen LogP contribution in [0.5, 0.6) is 11.5 Å². The molecule has 0 aliphatic carbocycles. The van der Waals surface area contributed by atoms with E-state index in [2.05, 4.69) is 30.9 Å². The molecule has 168 valence electrons. The Morgan fingerprint density at radius 1 is 0.939 bits per heavy atom. The number of urea groups is 1. The van der Waals surface area contributed by atoms with Crippen molar-refractivity contribution in [3.63, 3.8) is 0 Å². The van der Waals surface area contributed by atoms with Gasteiger partial charge in [0.25, 0.3) is 0 Å². The molecule has 0 saturated carbocycles. The number of anilines is 3. The summed E-state index contributed by atoms with van der Waals surface area (Å²) in [7, 11) is 3.19. The van der Waals surface area contributed by atoms with E-state index in [0.717, 1.165) is 28.7 Å². The third kappa shape index (κ3) is 5.45. The molecule has 0 radical (unpaired) electrons. The lowest BCUT2D eigenvalue weighted by Crippen LogP contribution is -2.19. The van der Waals surface area contributed by atoms with Crippen LogP contribution in [0, 0.1) is 0 Å². The predicted octanol–water partition coefficient (Wildman–Crippen LogP) is 4.34. The maximum absolute atomic E-state index is 12.1. The van der Waals surface area contributed by atoms with Gasteiger partial charge in [-0.1, -0.05) is 12.1 Å². The van der Waals surface area contributed by atoms with Crippen molar-refractivity contribution < 1.29 is 14.3 Å². The quantitative estimate of drug-likeness (QED) is 0.371. The van der Waals surface area contributed by atoms with E-state index in [-0.39, 0.29) is 6.03 Å². The summed E-state index contributed by atoms with van der Waals surface area (Å²) in [6, 6.07) is 14.6. The number of methoxy groups -OCH3 is 2. The van der Waals surface area contributed by atoms with E-state index < -0.39 is 0 Å². The molecule has 2 aromatic heterocycles. The second-order valence-electron chi connectivity index (χ2n) is 7.14. The molecule has 0 bridgehead atoms. The molecule has 0 atom stereocenters. The highest BCUT2D eigenvalue weighted by molar-refractivity contribution is 5.99. The average Bonchev–Trinajstić information content (AvgIpc) is 2.85. The summed E-state index contributed by atoms with van der Waals surface area (Å²) >= 11 is 0. The Morgan fingerprint density at radius 3 is 2.42 bits per heavy atom. The molecular formula is C24H24N6O3. The Labute approximate surface area is 191 Å². The van der Waals surface area contributed by atoms with E-state index in [1.165, 1.54) is 6.33 Å². The summed E-state index contributed by atoms with van der Waals surface area (Å²) in [6.07, 6.45) is 5.54. The van der Waals surface area contributed by atoms with Gasteiger partial charge in [-0.3, -0.25) is 4.98 Å². The van der Waals surface area contributed by atoms with Gasteiger partial charge in [0.05, 0.1) is 31.6 Å². The number of carbonyl (C=O) groups excluding carboxylic acids is 1. The number of amides is 2. The largest absolute Gasteiger partial charge is 0.493 e. The molecule has 0 fully saturated rings. The summed E-state index contributed by atoms with van der Waals surface area (Å²) in [5, 5.41) is 9.77. The number of carbonyl (C=O) groups is 1. The number of aromatic nitrogens is 3. The number of nitrogens with zero attached hydrogens (tertiary/aromatic N) is 3. The van der Waals surface area contributed by atoms with Gasteiger partial charge in [-0.15, -0.1) is 0 Å². The van der Waals surface area contributed by atoms with Crippen LogP contribution in [0.3, 0.4) is 0 Å². The number of ether oxygens (including phenoxy) is 2. The van der Waals surface area contributed by atoms with Crippen LogP contribution in [-0.2, 0) is 6.42 Å². The van der Waals surface area contributed by atoms with Gasteiger partial charge in [0.1, 0.15) is 12.1 Å². The fraction of sp³-hybridized carbons (Fsp3) is 0.167. The minimum absolute atomic E-state index is 0.319. The Hall–Kier alpha value is -4.40. The Kier molecular flexibility index (Phi) is 6.79. The SMILES string of the molecule is COc1cc2ncnc(NCCc3ccc(NC(=O)Nc4cccnc4)cc3)c2cc1OC. The van der Waals surface area contributed by atoms with Gasteiger partial charge < -0.3 is 25.4 Å². The molecule has 9 nitrogen and oxygen atoms in total. The zero-order valence-electron chi connectivity index (χ0n) is 18.3. The lowest BCUT2D eigenvalue weighted by molar-refractivity contribution is 0.262. The molecule has 9 heteroatoms. The van der Waals surface area contributed by atoms with E-state index >= 15 is 0 Å². The van der Waals surface area contributed by atoms with Crippen molar-refractivity contribution in [3.8, 4) is 11.5 Å². The van der Waals surface area contributed by atoms with Crippen LogP contribution >= 0.6 is 0 Å². The smallest absolute Gasteiger partial charge is 0.323 e. The van der Waals surface area contributed by atoms with Gasteiger partial charge in [-0.2, -0.15) is 0 Å². The second kappa shape index (κ2) is 10.3. The molecule has 3 N–H and O–H groups in total. The van der Waals surface area contributed by atoms with Crippen molar-refractivity contribution in [2.75, 3.05) is 36.7 Å². The van der Waals surface area contributed by atoms with Crippen LogP contribution in [-0.4, -0.2) is 41.7 Å². The van der Waals surface area contributed by atoms with Crippen LogP contribution < -0.4 is 25.4 Å². The third-order valence-corrected chi connectivity index (χ3v) is 4.98. The fourth-order valence-corrected chi connectivity index (χ4v) is 3.33. The second-order valence-corrected chi connectivity index (χ2v) is 7.14. The van der Waals surface area contributed by atoms with Crippen molar-refractivity contribution in [1.29, 1.82) is 0 Å². The Bertz CT molecular complexity index is 1230. The maximum atomic E-state index is 12.1. The van der Waals surface area contributed by atoms with Crippen LogP contribution in [0.4, 0.5) is 22.0 Å². The molecular weight excluding hydrogens is 420 g/mol. The van der Waals surface area contributed by atoms with Gasteiger partial charge in [0, 0.05) is 29.9 Å². The molecule has 0 aliphatic rings. The molecule has 2 amide bonds. The number of hydrogen-bond acceptors (Lipinski definition) is 7. The first-order valence-corrected chi connectivity index (χ1v) is 10.3. The number of rotatable bonds is 8. The molecule has 0 saturated heterocycles. The first-order valence-electron chi connectivity index (χ1n) is 10.3. The van der Waals surface area contributed by atoms with Crippen molar-refractivity contribution in [2.45, 2.75) is 6.42 Å². The first-order chi connectivity index (χ1) is 16.2. The highest BCUT2D eigenvalue weighted by Gasteiger charge is 2.11. The third-order valence-electron chi connectivity index (χ3n) is 4.98. The molecule has 2 heterocycles. The molecule has 33 heavy (non-hydrogen) atoms. The highest BCUT2D eigenvalue weighted by Crippen LogP contribution is 2.33. The highest BCUT2D eigenvalue weighted by atomic mass is 16.5. The summed E-state index contributed by atoms with van der Waals surface area (Å²) in [5.41, 5.74) is 3.23. The Morgan fingerprint density at radius 2 is 1.70 bits per heavy atom. The number of nitrogens with one attached hydrogen (secondary N) is 3. The number of benzene rings is 2. The van der Waals surface area contributed by atoms with Crippen molar-refractivity contribution in [3.05, 3.63) is 72.8 Å². The predicted molar refractivity (Wildman–Crippen MR) is 128 cm³/mol. The molecule has 4 aromatic rings. The zero-order valence-corrected chi connectivity index (χ0v) is 18.3. The monoisotopic (exact) mass is 444 g/mol. The fourth-order valence-electron chi connectivity index (χ4n) is 3.33. The lowest BCUT2D eigenvalue weighted by atomic mass is 10.1. The van der Waals surface area contributed by atoms with Crippen molar-refractivity contribution in [2.24, 2.45) is 0 Å². The Balaban J connectivity index is 1.34. The number of fused-ring (bicyclic) bond motifs is 1. The van der Waals surface area contributed by atoms with Gasteiger partial charge in [-0.05, 0) is 42.3 Å². The van der Waals surface area contributed by atoms with E-state index in [1.807, 2.05) is 36.4 Å². The van der Waals surface area contributed by atoms with Crippen LogP contribution in [0.25, 0.3) is 10.9 Å². The summed E-state index contributed by atoms with van der Waals surface area (Å²) in [6.45, 7) is 0.675. The summed E-state index contributed by atoms with van der Waals surface area (Å²) < 4.78 is 10.7. The van der Waals surface area contributed by atoms with Gasteiger partial charge in [-0.25, -0.2) is 14.8 Å². The maximum Gasteiger partial charge on any atom is 0.323 e. The average molecular weight is 444 g/mol. The van der Waals surface area contributed by atoms with E-state index in [9.17, 15) is 4.79 Å². The number of pyridine rings is 1. The standard InChI is InChI=1S/C24H24N6O3/c1-32-21-12-19-20(13-22(21)33-2)27-15-28-23(19)26-11-9-16-5-7-17(8-6-16)29-24(31)30-18-4-3-10-25-14-18/h3-8,10,12-15H,9,11H2,1-2H3,(H,26,27,28)(H2,29,30,31). The molecule has 4 rings (SSSR count). The molecule has 0 unspecified atom stereocenters. The minimum Gasteiger partial charge on any atom is -0.493 e. The normalized spacial score (nSPS) is 10.5. The van der Waals surface area contributed by atoms with Gasteiger partial charge in [0.15, 0.2) is 11.5 Å². The first kappa shape index (κ1) is 21.8. The van der Waals surface area contributed by atoms with E-state index in [0.29, 0.717) is 29.4 Å². The van der Waals surface area contributed by atoms with E-state index in [1.54, 1.807) is 38.7 Å². The van der Waals surface area contributed by atoms with Gasteiger partial charge >= 0.3 is 6.03 Å². The zero-order chi connectivity index (χ0) is 23.0. The summed E-state index contributed by atoms with van der Waals surface area (Å²) in [5.74, 6) is 1.97. The van der Waals surface area contributed by atoms with Crippen molar-refractivity contribution >= 4 is 34.1 Å². The van der Waals surface area contributed by atoms with Crippen molar-refractivity contribution in [1.82, 2.24) is 15.0 Å². The minimum atomic E-state index is -0.319. The van der Waals surface area contributed by atoms with Crippen LogP contribution in [0.1, 0.15) is 5.56 Å². The molecule has 2 aromatic carbocycles. The van der Waals surface area contributed by atoms with Crippen LogP contribution in [0.15, 0.2) is 67.3 Å². The molecule has 0 aliphatic heterocycles.